The average molecular weight is 504 g/mol. The molecule has 3 N–H and O–H groups in total. The summed E-state index contributed by atoms with van der Waals surface area (Å²) in [6.07, 6.45) is 2.45. The number of aliphatic imine (C=N–C) groups is 1. The van der Waals surface area contributed by atoms with Gasteiger partial charge in [0.25, 0.3) is 0 Å². The highest BCUT2D eigenvalue weighted by Gasteiger charge is 2.09. The standard InChI is InChI=1S/C17H27Cl2N3O2.HI/c1-3-20-17(21-7-5-4-6-8-24-2)22-12-16(23)13-9-14(18)11-15(19)10-13;/h9-11,16,23H,3-8,12H2,1-2H3,(H2,20,21,22);1H. The van der Waals surface area contributed by atoms with Crippen molar-refractivity contribution in [1.82, 2.24) is 10.6 Å². The van der Waals surface area contributed by atoms with Crippen molar-refractivity contribution in [3.63, 3.8) is 0 Å². The van der Waals surface area contributed by atoms with Crippen molar-refractivity contribution in [3.8, 4) is 0 Å². The highest BCUT2D eigenvalue weighted by molar-refractivity contribution is 14.0. The van der Waals surface area contributed by atoms with Crippen molar-refractivity contribution in [2.45, 2.75) is 32.3 Å². The number of nitrogens with zero attached hydrogens (tertiary/aromatic N) is 1. The number of hydrogen-bond donors (Lipinski definition) is 3. The molecule has 1 unspecified atom stereocenters. The molecule has 5 nitrogen and oxygen atoms in total. The van der Waals surface area contributed by atoms with Crippen molar-refractivity contribution < 1.29 is 9.84 Å². The molecular formula is C17H28Cl2IN3O2. The first-order chi connectivity index (χ1) is 11.6. The number of aliphatic hydroxyl groups excluding tert-OH is 1. The predicted octanol–water partition coefficient (Wildman–Crippen LogP) is 4.02. The summed E-state index contributed by atoms with van der Waals surface area (Å²) in [7, 11) is 1.71. The van der Waals surface area contributed by atoms with Gasteiger partial charge < -0.3 is 20.5 Å². The van der Waals surface area contributed by atoms with Gasteiger partial charge in [0.2, 0.25) is 0 Å². The van der Waals surface area contributed by atoms with Crippen molar-refractivity contribution in [3.05, 3.63) is 33.8 Å². The van der Waals surface area contributed by atoms with Crippen LogP contribution in [0.1, 0.15) is 37.9 Å². The molecule has 0 aliphatic heterocycles. The second-order valence-electron chi connectivity index (χ2n) is 5.42. The van der Waals surface area contributed by atoms with E-state index < -0.39 is 6.10 Å². The monoisotopic (exact) mass is 503 g/mol. The summed E-state index contributed by atoms with van der Waals surface area (Å²) in [4.78, 5) is 4.42. The topological polar surface area (TPSA) is 65.9 Å². The van der Waals surface area contributed by atoms with E-state index in [9.17, 15) is 5.11 Å². The van der Waals surface area contributed by atoms with Crippen LogP contribution in [0.3, 0.4) is 0 Å². The smallest absolute Gasteiger partial charge is 0.191 e. The van der Waals surface area contributed by atoms with Crippen LogP contribution >= 0.6 is 47.2 Å². The summed E-state index contributed by atoms with van der Waals surface area (Å²) in [5.41, 5.74) is 0.659. The van der Waals surface area contributed by atoms with Crippen molar-refractivity contribution in [2.75, 3.05) is 33.4 Å². The fourth-order valence-corrected chi connectivity index (χ4v) is 2.69. The summed E-state index contributed by atoms with van der Waals surface area (Å²) in [5, 5.41) is 17.7. The van der Waals surface area contributed by atoms with Gasteiger partial charge in [0.15, 0.2) is 5.96 Å². The first kappa shape index (κ1) is 24.7. The van der Waals surface area contributed by atoms with Gasteiger partial charge in [-0.05, 0) is 49.9 Å². The number of unbranched alkanes of at least 4 members (excludes halogenated alkanes) is 2. The summed E-state index contributed by atoms with van der Waals surface area (Å²) in [6.45, 7) is 4.62. The molecule has 1 rings (SSSR count). The molecule has 0 aromatic heterocycles. The van der Waals surface area contributed by atoms with E-state index in [0.29, 0.717) is 21.6 Å². The summed E-state index contributed by atoms with van der Waals surface area (Å²) >= 11 is 11.9. The van der Waals surface area contributed by atoms with E-state index in [4.69, 9.17) is 27.9 Å². The number of aliphatic hydroxyl groups is 1. The lowest BCUT2D eigenvalue weighted by molar-refractivity contribution is 0.187. The average Bonchev–Trinajstić information content (AvgIpc) is 2.54. The van der Waals surface area contributed by atoms with E-state index in [1.54, 1.807) is 25.3 Å². The van der Waals surface area contributed by atoms with Gasteiger partial charge in [-0.25, -0.2) is 0 Å². The molecule has 0 spiro atoms. The van der Waals surface area contributed by atoms with Crippen LogP contribution in [0.25, 0.3) is 0 Å². The maximum absolute atomic E-state index is 10.3. The molecule has 0 saturated heterocycles. The highest BCUT2D eigenvalue weighted by atomic mass is 127. The molecule has 1 atom stereocenters. The van der Waals surface area contributed by atoms with Crippen LogP contribution in [0.15, 0.2) is 23.2 Å². The Kier molecular flexibility index (Phi) is 14.7. The van der Waals surface area contributed by atoms with Crippen LogP contribution in [0.2, 0.25) is 10.0 Å². The quantitative estimate of drug-likeness (QED) is 0.195. The van der Waals surface area contributed by atoms with Crippen molar-refractivity contribution in [2.24, 2.45) is 4.99 Å². The number of methoxy groups -OCH3 is 1. The van der Waals surface area contributed by atoms with Crippen LogP contribution in [0.5, 0.6) is 0 Å². The number of rotatable bonds is 10. The zero-order chi connectivity index (χ0) is 17.8. The highest BCUT2D eigenvalue weighted by Crippen LogP contribution is 2.23. The number of ether oxygens (including phenoxy) is 1. The van der Waals surface area contributed by atoms with Crippen LogP contribution in [0.4, 0.5) is 0 Å². The van der Waals surface area contributed by atoms with Crippen molar-refractivity contribution in [1.29, 1.82) is 0 Å². The molecule has 25 heavy (non-hydrogen) atoms. The number of benzene rings is 1. The number of nitrogens with one attached hydrogen (secondary N) is 2. The van der Waals surface area contributed by atoms with Crippen LogP contribution in [-0.4, -0.2) is 44.4 Å². The Balaban J connectivity index is 0.00000576. The fraction of sp³-hybridized carbons (Fsp3) is 0.588. The Bertz CT molecular complexity index is 498. The zero-order valence-corrected chi connectivity index (χ0v) is 18.6. The first-order valence-electron chi connectivity index (χ1n) is 8.22. The molecule has 1 aromatic carbocycles. The second kappa shape index (κ2) is 14.8. The van der Waals surface area contributed by atoms with Crippen LogP contribution in [-0.2, 0) is 4.74 Å². The lowest BCUT2D eigenvalue weighted by Crippen LogP contribution is -2.38. The molecule has 0 aliphatic carbocycles. The van der Waals surface area contributed by atoms with Gasteiger partial charge in [0, 0.05) is 36.9 Å². The van der Waals surface area contributed by atoms with Crippen LogP contribution in [0, 0.1) is 0 Å². The van der Waals surface area contributed by atoms with Gasteiger partial charge in [-0.1, -0.05) is 23.2 Å². The van der Waals surface area contributed by atoms with E-state index in [0.717, 1.165) is 39.0 Å². The molecule has 0 fully saturated rings. The predicted molar refractivity (Wildman–Crippen MR) is 117 cm³/mol. The first-order valence-corrected chi connectivity index (χ1v) is 8.97. The Morgan fingerprint density at radius 3 is 2.44 bits per heavy atom. The third-order valence-electron chi connectivity index (χ3n) is 3.35. The fourth-order valence-electron chi connectivity index (χ4n) is 2.15. The van der Waals surface area contributed by atoms with Gasteiger partial charge in [0.05, 0.1) is 12.6 Å². The van der Waals surface area contributed by atoms with Gasteiger partial charge in [-0.2, -0.15) is 0 Å². The van der Waals surface area contributed by atoms with Gasteiger partial charge in [-0.15, -0.1) is 24.0 Å². The molecule has 0 radical (unpaired) electrons. The molecule has 0 saturated carbocycles. The zero-order valence-electron chi connectivity index (χ0n) is 14.7. The minimum atomic E-state index is -0.752. The molecular weight excluding hydrogens is 476 g/mol. The molecule has 144 valence electrons. The largest absolute Gasteiger partial charge is 0.386 e. The minimum absolute atomic E-state index is 0. The Morgan fingerprint density at radius 1 is 1.16 bits per heavy atom. The van der Waals surface area contributed by atoms with Crippen molar-refractivity contribution >= 4 is 53.1 Å². The van der Waals surface area contributed by atoms with E-state index in [-0.39, 0.29) is 30.5 Å². The van der Waals surface area contributed by atoms with Gasteiger partial charge in [0.1, 0.15) is 0 Å². The van der Waals surface area contributed by atoms with Gasteiger partial charge in [-0.3, -0.25) is 4.99 Å². The normalized spacial score (nSPS) is 12.4. The molecule has 1 aromatic rings. The summed E-state index contributed by atoms with van der Waals surface area (Å²) < 4.78 is 5.03. The van der Waals surface area contributed by atoms with E-state index in [2.05, 4.69) is 15.6 Å². The third kappa shape index (κ3) is 11.1. The Hall–Kier alpha value is -0.280. The molecule has 0 bridgehead atoms. The maximum Gasteiger partial charge on any atom is 0.191 e. The minimum Gasteiger partial charge on any atom is -0.386 e. The van der Waals surface area contributed by atoms with E-state index in [1.807, 2.05) is 6.92 Å². The molecule has 0 amide bonds. The number of guanidine groups is 1. The van der Waals surface area contributed by atoms with E-state index >= 15 is 0 Å². The number of halogens is 3. The second-order valence-corrected chi connectivity index (χ2v) is 6.29. The van der Waals surface area contributed by atoms with E-state index in [1.165, 1.54) is 0 Å². The number of hydrogen-bond acceptors (Lipinski definition) is 3. The molecule has 0 aliphatic rings. The Morgan fingerprint density at radius 2 is 1.84 bits per heavy atom. The third-order valence-corrected chi connectivity index (χ3v) is 3.79. The molecule has 0 heterocycles. The maximum atomic E-state index is 10.3. The lowest BCUT2D eigenvalue weighted by atomic mass is 10.1. The van der Waals surface area contributed by atoms with Crippen LogP contribution < -0.4 is 10.6 Å². The van der Waals surface area contributed by atoms with Gasteiger partial charge >= 0.3 is 0 Å². The lowest BCUT2D eigenvalue weighted by Gasteiger charge is -2.14. The summed E-state index contributed by atoms with van der Waals surface area (Å²) in [5.74, 6) is 0.691. The SMILES string of the molecule is CCNC(=NCC(O)c1cc(Cl)cc(Cl)c1)NCCCCCOC.I. The molecule has 8 heteroatoms. The summed E-state index contributed by atoms with van der Waals surface area (Å²) in [6, 6.07) is 5.03. The Labute approximate surface area is 177 Å².